The number of carboxylic acids is 1. The summed E-state index contributed by atoms with van der Waals surface area (Å²) in [6.45, 7) is 5.78. The van der Waals surface area contributed by atoms with Gasteiger partial charge in [0.2, 0.25) is 0 Å². The molecule has 1 saturated carbocycles. The number of amides is 2. The van der Waals surface area contributed by atoms with Gasteiger partial charge in [-0.1, -0.05) is 20.8 Å². The number of nitrogens with one attached hydrogen (secondary N) is 2. The van der Waals surface area contributed by atoms with Gasteiger partial charge in [-0.15, -0.1) is 0 Å². The molecule has 0 aliphatic heterocycles. The Kier molecular flexibility index (Phi) is 5.44. The van der Waals surface area contributed by atoms with Crippen molar-refractivity contribution in [1.29, 1.82) is 0 Å². The van der Waals surface area contributed by atoms with Crippen LogP contribution >= 0.6 is 0 Å². The maximum Gasteiger partial charge on any atom is 0.326 e. The first-order chi connectivity index (χ1) is 8.40. The Morgan fingerprint density at radius 3 is 2.17 bits per heavy atom. The summed E-state index contributed by atoms with van der Waals surface area (Å²) in [4.78, 5) is 22.7. The molecule has 1 atom stereocenters. The highest BCUT2D eigenvalue weighted by Crippen LogP contribution is 2.23. The van der Waals surface area contributed by atoms with Crippen LogP contribution in [0.1, 0.15) is 46.5 Å². The number of urea groups is 1. The van der Waals surface area contributed by atoms with E-state index >= 15 is 0 Å². The smallest absolute Gasteiger partial charge is 0.326 e. The minimum atomic E-state index is -0.989. The predicted octanol–water partition coefficient (Wildman–Crippen LogP) is 1.97. The molecule has 0 aromatic heterocycles. The molecule has 0 radical (unpaired) electrons. The lowest BCUT2D eigenvalue weighted by Crippen LogP contribution is -2.51. The zero-order valence-corrected chi connectivity index (χ0v) is 11.4. The van der Waals surface area contributed by atoms with Crippen molar-refractivity contribution in [3.63, 3.8) is 0 Å². The summed E-state index contributed by atoms with van der Waals surface area (Å²) in [7, 11) is 0. The molecule has 1 aliphatic rings. The SMILES string of the molecule is CC1CCC(NC(=O)NC(C(=O)O)C(C)C)CC1. The van der Waals surface area contributed by atoms with Gasteiger partial charge in [0.1, 0.15) is 6.04 Å². The van der Waals surface area contributed by atoms with Crippen molar-refractivity contribution in [1.82, 2.24) is 10.6 Å². The standard InChI is InChI=1S/C13H24N2O3/c1-8(2)11(12(16)17)15-13(18)14-10-6-4-9(3)5-7-10/h8-11H,4-7H2,1-3H3,(H,16,17)(H2,14,15,18). The normalized spacial score (nSPS) is 25.6. The second kappa shape index (κ2) is 6.61. The van der Waals surface area contributed by atoms with Crippen LogP contribution in [0.25, 0.3) is 0 Å². The number of carbonyl (C=O) groups excluding carboxylic acids is 1. The minimum Gasteiger partial charge on any atom is -0.480 e. The number of carboxylic acid groups (broad SMARTS) is 1. The number of carbonyl (C=O) groups is 2. The molecule has 1 aliphatic carbocycles. The van der Waals surface area contributed by atoms with E-state index in [-0.39, 0.29) is 18.0 Å². The molecule has 0 saturated heterocycles. The first kappa shape index (κ1) is 14.8. The largest absolute Gasteiger partial charge is 0.480 e. The van der Waals surface area contributed by atoms with Crippen molar-refractivity contribution in [2.75, 3.05) is 0 Å². The lowest BCUT2D eigenvalue weighted by Gasteiger charge is -2.28. The van der Waals surface area contributed by atoms with E-state index in [0.29, 0.717) is 0 Å². The Hall–Kier alpha value is -1.26. The third-order valence-corrected chi connectivity index (χ3v) is 3.57. The average molecular weight is 256 g/mol. The van der Waals surface area contributed by atoms with Crippen LogP contribution in [0.3, 0.4) is 0 Å². The van der Waals surface area contributed by atoms with E-state index in [1.807, 2.05) is 0 Å². The van der Waals surface area contributed by atoms with Gasteiger partial charge in [0.15, 0.2) is 0 Å². The van der Waals surface area contributed by atoms with Gasteiger partial charge in [-0.05, 0) is 37.5 Å². The molecule has 104 valence electrons. The molecule has 3 N–H and O–H groups in total. The highest BCUT2D eigenvalue weighted by atomic mass is 16.4. The van der Waals surface area contributed by atoms with Gasteiger partial charge in [-0.3, -0.25) is 0 Å². The van der Waals surface area contributed by atoms with E-state index < -0.39 is 12.0 Å². The Morgan fingerprint density at radius 2 is 1.72 bits per heavy atom. The number of hydrogen-bond donors (Lipinski definition) is 3. The van der Waals surface area contributed by atoms with E-state index in [1.165, 1.54) is 0 Å². The first-order valence-corrected chi connectivity index (χ1v) is 6.70. The van der Waals surface area contributed by atoms with E-state index in [2.05, 4.69) is 17.6 Å². The predicted molar refractivity (Wildman–Crippen MR) is 69.3 cm³/mol. The van der Waals surface area contributed by atoms with Crippen LogP contribution < -0.4 is 10.6 Å². The fourth-order valence-corrected chi connectivity index (χ4v) is 2.29. The third kappa shape index (κ3) is 4.55. The Bertz CT molecular complexity index is 297. The molecule has 18 heavy (non-hydrogen) atoms. The van der Waals surface area contributed by atoms with Gasteiger partial charge in [-0.25, -0.2) is 9.59 Å². The molecule has 0 aromatic rings. The zero-order chi connectivity index (χ0) is 13.7. The molecule has 0 spiro atoms. The number of hydrogen-bond acceptors (Lipinski definition) is 2. The van der Waals surface area contributed by atoms with Crippen molar-refractivity contribution in [3.8, 4) is 0 Å². The molecule has 2 amide bonds. The summed E-state index contributed by atoms with van der Waals surface area (Å²) < 4.78 is 0. The summed E-state index contributed by atoms with van der Waals surface area (Å²) in [5.74, 6) is -0.384. The second-order valence-corrected chi connectivity index (χ2v) is 5.63. The summed E-state index contributed by atoms with van der Waals surface area (Å²) in [5, 5.41) is 14.4. The van der Waals surface area contributed by atoms with Crippen LogP contribution in [0, 0.1) is 11.8 Å². The fourth-order valence-electron chi connectivity index (χ4n) is 2.29. The maximum absolute atomic E-state index is 11.7. The highest BCUT2D eigenvalue weighted by Gasteiger charge is 2.25. The van der Waals surface area contributed by atoms with Crippen molar-refractivity contribution < 1.29 is 14.7 Å². The van der Waals surface area contributed by atoms with Crippen LogP contribution in [0.2, 0.25) is 0 Å². The molecule has 0 bridgehead atoms. The van der Waals surface area contributed by atoms with Gasteiger partial charge in [-0.2, -0.15) is 0 Å². The lowest BCUT2D eigenvalue weighted by atomic mass is 9.87. The molecule has 0 aromatic carbocycles. The topological polar surface area (TPSA) is 78.4 Å². The zero-order valence-electron chi connectivity index (χ0n) is 11.4. The Morgan fingerprint density at radius 1 is 1.17 bits per heavy atom. The highest BCUT2D eigenvalue weighted by molar-refractivity contribution is 5.82. The summed E-state index contributed by atoms with van der Waals surface area (Å²) >= 11 is 0. The van der Waals surface area contributed by atoms with Crippen molar-refractivity contribution in [2.24, 2.45) is 11.8 Å². The minimum absolute atomic E-state index is 0.125. The first-order valence-electron chi connectivity index (χ1n) is 6.70. The van der Waals surface area contributed by atoms with E-state index in [1.54, 1.807) is 13.8 Å². The van der Waals surface area contributed by atoms with Crippen molar-refractivity contribution in [3.05, 3.63) is 0 Å². The molecule has 1 rings (SSSR count). The summed E-state index contributed by atoms with van der Waals surface area (Å²) in [5.41, 5.74) is 0. The second-order valence-electron chi connectivity index (χ2n) is 5.63. The number of aliphatic carboxylic acids is 1. The van der Waals surface area contributed by atoms with Gasteiger partial charge in [0.05, 0.1) is 0 Å². The average Bonchev–Trinajstić information content (AvgIpc) is 2.28. The molecule has 5 heteroatoms. The molecular formula is C13H24N2O3. The van der Waals surface area contributed by atoms with Crippen LogP contribution in [0.5, 0.6) is 0 Å². The Labute approximate surface area is 108 Å². The van der Waals surface area contributed by atoms with Crippen molar-refractivity contribution >= 4 is 12.0 Å². The van der Waals surface area contributed by atoms with E-state index in [0.717, 1.165) is 31.6 Å². The molecule has 1 unspecified atom stereocenters. The monoisotopic (exact) mass is 256 g/mol. The maximum atomic E-state index is 11.7. The van der Waals surface area contributed by atoms with Crippen LogP contribution in [0.4, 0.5) is 4.79 Å². The lowest BCUT2D eigenvalue weighted by molar-refractivity contribution is -0.140. The van der Waals surface area contributed by atoms with Gasteiger partial charge < -0.3 is 15.7 Å². The van der Waals surface area contributed by atoms with E-state index in [9.17, 15) is 9.59 Å². The van der Waals surface area contributed by atoms with Gasteiger partial charge in [0.25, 0.3) is 0 Å². The van der Waals surface area contributed by atoms with Gasteiger partial charge in [0, 0.05) is 6.04 Å². The molecule has 5 nitrogen and oxygen atoms in total. The van der Waals surface area contributed by atoms with Crippen LogP contribution in [-0.4, -0.2) is 29.2 Å². The molecule has 1 fully saturated rings. The summed E-state index contributed by atoms with van der Waals surface area (Å²) in [6.07, 6.45) is 4.21. The van der Waals surface area contributed by atoms with Crippen molar-refractivity contribution in [2.45, 2.75) is 58.5 Å². The summed E-state index contributed by atoms with van der Waals surface area (Å²) in [6, 6.07) is -1.01. The molecular weight excluding hydrogens is 232 g/mol. The van der Waals surface area contributed by atoms with Gasteiger partial charge >= 0.3 is 12.0 Å². The van der Waals surface area contributed by atoms with Crippen LogP contribution in [-0.2, 0) is 4.79 Å². The third-order valence-electron chi connectivity index (χ3n) is 3.57. The van der Waals surface area contributed by atoms with E-state index in [4.69, 9.17) is 5.11 Å². The molecule has 0 heterocycles. The van der Waals surface area contributed by atoms with Crippen LogP contribution in [0.15, 0.2) is 0 Å². The fraction of sp³-hybridized carbons (Fsp3) is 0.846. The Balaban J connectivity index is 2.38. The quantitative estimate of drug-likeness (QED) is 0.719. The number of rotatable bonds is 4.